The van der Waals surface area contributed by atoms with Crippen LogP contribution >= 0.6 is 22.9 Å². The summed E-state index contributed by atoms with van der Waals surface area (Å²) in [6, 6.07) is 18.6. The topological polar surface area (TPSA) is 46.3 Å². The van der Waals surface area contributed by atoms with E-state index in [-0.39, 0.29) is 0 Å². The summed E-state index contributed by atoms with van der Waals surface area (Å²) in [7, 11) is 0. The van der Waals surface area contributed by atoms with Crippen LogP contribution in [0.2, 0.25) is 5.02 Å². The third-order valence-electron chi connectivity index (χ3n) is 5.99. The zero-order valence-corrected chi connectivity index (χ0v) is 19.6. The second-order valence-corrected chi connectivity index (χ2v) is 9.63. The summed E-state index contributed by atoms with van der Waals surface area (Å²) in [6.45, 7) is 5.08. The molecular formula is C26H20ClN5S. The van der Waals surface area contributed by atoms with Crippen LogP contribution in [0.25, 0.3) is 5.00 Å². The Kier molecular flexibility index (Phi) is 5.11. The van der Waals surface area contributed by atoms with Gasteiger partial charge in [-0.1, -0.05) is 65.9 Å². The third kappa shape index (κ3) is 3.68. The van der Waals surface area contributed by atoms with E-state index < -0.39 is 0 Å². The Labute approximate surface area is 201 Å². The van der Waals surface area contributed by atoms with Gasteiger partial charge in [-0.2, -0.15) is 0 Å². The first-order valence-corrected chi connectivity index (χ1v) is 12.0. The Hall–Kier alpha value is -3.24. The molecule has 0 spiro atoms. The fourth-order valence-electron chi connectivity index (χ4n) is 4.42. The van der Waals surface area contributed by atoms with Crippen molar-refractivity contribution in [1.29, 1.82) is 0 Å². The van der Waals surface area contributed by atoms with Gasteiger partial charge in [0.25, 0.3) is 0 Å². The van der Waals surface area contributed by atoms with Gasteiger partial charge < -0.3 is 0 Å². The van der Waals surface area contributed by atoms with Crippen LogP contribution in [-0.2, 0) is 19.6 Å². The maximum atomic E-state index is 6.55. The number of hydrogen-bond acceptors (Lipinski definition) is 5. The molecule has 0 aliphatic carbocycles. The molecule has 0 saturated heterocycles. The van der Waals surface area contributed by atoms with Crippen molar-refractivity contribution in [3.63, 3.8) is 0 Å². The average molecular weight is 470 g/mol. The fourth-order valence-corrected chi connectivity index (χ4v) is 5.75. The van der Waals surface area contributed by atoms with Crippen molar-refractivity contribution >= 4 is 28.6 Å². The van der Waals surface area contributed by atoms with Crippen LogP contribution in [0.3, 0.4) is 0 Å². The van der Waals surface area contributed by atoms with E-state index in [0.717, 1.165) is 58.0 Å². The molecule has 6 rings (SSSR count). The first kappa shape index (κ1) is 20.4. The minimum Gasteiger partial charge on any atom is -0.284 e. The number of aliphatic imine (C=N–C) groups is 1. The van der Waals surface area contributed by atoms with E-state index in [0.29, 0.717) is 11.6 Å². The van der Waals surface area contributed by atoms with E-state index in [9.17, 15) is 0 Å². The fraction of sp³-hybridized carbons (Fsp3) is 0.192. The molecule has 2 aliphatic heterocycles. The summed E-state index contributed by atoms with van der Waals surface area (Å²) in [5, 5.41) is 10.4. The first-order valence-electron chi connectivity index (χ1n) is 10.8. The summed E-state index contributed by atoms with van der Waals surface area (Å²) in [4.78, 5) is 8.26. The lowest BCUT2D eigenvalue weighted by atomic mass is 10.0. The van der Waals surface area contributed by atoms with Gasteiger partial charge in [0.2, 0.25) is 0 Å². The van der Waals surface area contributed by atoms with Crippen LogP contribution in [0.4, 0.5) is 0 Å². The predicted octanol–water partition coefficient (Wildman–Crippen LogP) is 5.01. The number of benzene rings is 2. The van der Waals surface area contributed by atoms with Crippen molar-refractivity contribution in [2.24, 2.45) is 4.99 Å². The number of aryl methyl sites for hydroxylation is 1. The van der Waals surface area contributed by atoms with Crippen LogP contribution in [0.15, 0.2) is 59.6 Å². The quantitative estimate of drug-likeness (QED) is 0.388. The van der Waals surface area contributed by atoms with Crippen LogP contribution in [0.1, 0.15) is 38.8 Å². The van der Waals surface area contributed by atoms with Crippen LogP contribution < -0.4 is 0 Å². The Bertz CT molecular complexity index is 1440. The minimum absolute atomic E-state index is 0.458. The van der Waals surface area contributed by atoms with Gasteiger partial charge in [0.15, 0.2) is 5.82 Å². The molecule has 2 aliphatic rings. The van der Waals surface area contributed by atoms with E-state index in [1.807, 2.05) is 31.2 Å². The van der Waals surface area contributed by atoms with Gasteiger partial charge in [-0.15, -0.1) is 21.5 Å². The van der Waals surface area contributed by atoms with E-state index in [1.165, 1.54) is 11.1 Å². The Morgan fingerprint density at radius 1 is 1.00 bits per heavy atom. The molecule has 0 radical (unpaired) electrons. The van der Waals surface area contributed by atoms with Crippen LogP contribution in [0.5, 0.6) is 0 Å². The van der Waals surface area contributed by atoms with E-state index in [4.69, 9.17) is 16.6 Å². The zero-order valence-electron chi connectivity index (χ0n) is 18.0. The molecule has 4 aromatic rings. The molecular weight excluding hydrogens is 450 g/mol. The average Bonchev–Trinajstić information content (AvgIpc) is 3.49. The summed E-state index contributed by atoms with van der Waals surface area (Å²) < 4.78 is 2.09. The van der Waals surface area contributed by atoms with Gasteiger partial charge >= 0.3 is 0 Å². The standard InChI is InChI=1S/C26H20ClN5S/c1-17-29-30-24-14-28-25(21-10-4-5-11-23(21)27)22-13-20(33-26(22)32(17)24)9-6-12-31-15-18-7-2-3-8-19(18)16-31/h2-5,7-8,10-11,13H,12,14-16H2,1H3. The van der Waals surface area contributed by atoms with Gasteiger partial charge in [-0.3, -0.25) is 14.5 Å². The lowest BCUT2D eigenvalue weighted by Crippen LogP contribution is -2.16. The summed E-state index contributed by atoms with van der Waals surface area (Å²) in [6.07, 6.45) is 0. The summed E-state index contributed by atoms with van der Waals surface area (Å²) in [5.74, 6) is 8.44. The van der Waals surface area contributed by atoms with Gasteiger partial charge in [0.05, 0.1) is 17.1 Å². The van der Waals surface area contributed by atoms with E-state index in [1.54, 1.807) is 11.3 Å². The number of thiophene rings is 1. The Morgan fingerprint density at radius 3 is 2.55 bits per heavy atom. The van der Waals surface area contributed by atoms with Crippen molar-refractivity contribution in [3.05, 3.63) is 98.4 Å². The van der Waals surface area contributed by atoms with Crippen LogP contribution in [-0.4, -0.2) is 31.9 Å². The second-order valence-electron chi connectivity index (χ2n) is 8.19. The van der Waals surface area contributed by atoms with Gasteiger partial charge in [0.1, 0.15) is 17.4 Å². The number of hydrogen-bond donors (Lipinski definition) is 0. The molecule has 7 heteroatoms. The molecule has 0 unspecified atom stereocenters. The third-order valence-corrected chi connectivity index (χ3v) is 7.36. The normalized spacial score (nSPS) is 14.5. The number of rotatable bonds is 2. The molecule has 0 amide bonds. The van der Waals surface area contributed by atoms with Gasteiger partial charge in [-0.05, 0) is 30.2 Å². The van der Waals surface area contributed by atoms with Crippen molar-refractivity contribution < 1.29 is 0 Å². The van der Waals surface area contributed by atoms with E-state index in [2.05, 4.69) is 61.8 Å². The number of fused-ring (bicyclic) bond motifs is 4. The molecule has 2 aromatic carbocycles. The SMILES string of the molecule is Cc1nnc2n1-c1sc(C#CCN3Cc4ccccc4C3)cc1C(c1ccccc1Cl)=NC2. The Balaban J connectivity index is 1.35. The largest absolute Gasteiger partial charge is 0.284 e. The molecule has 4 heterocycles. The maximum Gasteiger partial charge on any atom is 0.160 e. The minimum atomic E-state index is 0.458. The highest BCUT2D eigenvalue weighted by molar-refractivity contribution is 7.15. The summed E-state index contributed by atoms with van der Waals surface area (Å²) in [5.41, 5.74) is 5.62. The number of halogens is 1. The van der Waals surface area contributed by atoms with Crippen molar-refractivity contribution in [1.82, 2.24) is 19.7 Å². The van der Waals surface area contributed by atoms with Crippen molar-refractivity contribution in [3.8, 4) is 16.8 Å². The van der Waals surface area contributed by atoms with Gasteiger partial charge in [-0.25, -0.2) is 0 Å². The monoisotopic (exact) mass is 469 g/mol. The zero-order chi connectivity index (χ0) is 22.4. The molecule has 162 valence electrons. The highest BCUT2D eigenvalue weighted by atomic mass is 35.5. The molecule has 0 atom stereocenters. The molecule has 5 nitrogen and oxygen atoms in total. The highest BCUT2D eigenvalue weighted by Crippen LogP contribution is 2.34. The summed E-state index contributed by atoms with van der Waals surface area (Å²) >= 11 is 8.20. The molecule has 2 aromatic heterocycles. The second kappa shape index (κ2) is 8.27. The Morgan fingerprint density at radius 2 is 1.76 bits per heavy atom. The number of nitrogens with zero attached hydrogens (tertiary/aromatic N) is 5. The first-order chi connectivity index (χ1) is 16.2. The maximum absolute atomic E-state index is 6.55. The molecule has 0 N–H and O–H groups in total. The van der Waals surface area contributed by atoms with Crippen molar-refractivity contribution in [2.75, 3.05) is 6.54 Å². The van der Waals surface area contributed by atoms with E-state index >= 15 is 0 Å². The number of aromatic nitrogens is 3. The van der Waals surface area contributed by atoms with Gasteiger partial charge in [0, 0.05) is 29.2 Å². The lowest BCUT2D eigenvalue weighted by Gasteiger charge is -2.09. The van der Waals surface area contributed by atoms with Crippen molar-refractivity contribution in [2.45, 2.75) is 26.6 Å². The lowest BCUT2D eigenvalue weighted by molar-refractivity contribution is 0.322. The molecule has 0 fully saturated rings. The molecule has 0 bridgehead atoms. The molecule has 33 heavy (non-hydrogen) atoms. The highest BCUT2D eigenvalue weighted by Gasteiger charge is 2.25. The smallest absolute Gasteiger partial charge is 0.160 e. The van der Waals surface area contributed by atoms with Crippen LogP contribution in [0, 0.1) is 18.8 Å². The predicted molar refractivity (Wildman–Crippen MR) is 132 cm³/mol. The molecule has 0 saturated carbocycles.